The molecular formula is C18H21NO4. The molecule has 1 aromatic rings. The van der Waals surface area contributed by atoms with Crippen LogP contribution >= 0.6 is 0 Å². The highest BCUT2D eigenvalue weighted by atomic mass is 16.5. The number of esters is 1. The largest absolute Gasteiger partial charge is 0.462 e. The van der Waals surface area contributed by atoms with Crippen molar-refractivity contribution in [2.24, 2.45) is 5.41 Å². The van der Waals surface area contributed by atoms with Gasteiger partial charge in [-0.05, 0) is 30.2 Å². The fourth-order valence-electron chi connectivity index (χ4n) is 2.68. The topological polar surface area (TPSA) is 55.8 Å². The van der Waals surface area contributed by atoms with Crippen LogP contribution in [0.5, 0.6) is 0 Å². The number of carbonyl (C=O) groups excluding carboxylic acids is 2. The molecule has 122 valence electrons. The number of hydrogen-bond acceptors (Lipinski definition) is 4. The van der Waals surface area contributed by atoms with Crippen LogP contribution in [-0.4, -0.2) is 38.2 Å². The molecule has 0 N–H and O–H groups in total. The second kappa shape index (κ2) is 6.54. The first kappa shape index (κ1) is 15.7. The molecule has 1 aromatic carbocycles. The normalized spacial score (nSPS) is 19.9. The summed E-state index contributed by atoms with van der Waals surface area (Å²) in [6.45, 7) is 4.47. The highest BCUT2D eigenvalue weighted by Crippen LogP contribution is 2.26. The van der Waals surface area contributed by atoms with Crippen LogP contribution in [0.15, 0.2) is 30.3 Å². The Morgan fingerprint density at radius 3 is 2.65 bits per heavy atom. The van der Waals surface area contributed by atoms with Gasteiger partial charge in [-0.3, -0.25) is 4.79 Å². The molecule has 0 bridgehead atoms. The SMILES string of the molecule is CC1(COC(=O)/C=C/c2ccc(N3CCCC3=O)cc2)COC1. The number of carbonyl (C=O) groups is 2. The Hall–Kier alpha value is -2.14. The fraction of sp³-hybridized carbons (Fsp3) is 0.444. The average Bonchev–Trinajstić information content (AvgIpc) is 2.95. The van der Waals surface area contributed by atoms with Crippen LogP contribution in [0.4, 0.5) is 5.69 Å². The van der Waals surface area contributed by atoms with E-state index in [-0.39, 0.29) is 17.3 Å². The molecule has 1 amide bonds. The van der Waals surface area contributed by atoms with Gasteiger partial charge in [0.1, 0.15) is 6.61 Å². The Labute approximate surface area is 135 Å². The molecule has 23 heavy (non-hydrogen) atoms. The Kier molecular flexibility index (Phi) is 4.48. The maximum absolute atomic E-state index is 11.7. The second-order valence-electron chi connectivity index (χ2n) is 6.48. The van der Waals surface area contributed by atoms with Crippen LogP contribution in [0.2, 0.25) is 0 Å². The number of rotatable bonds is 5. The lowest BCUT2D eigenvalue weighted by Crippen LogP contribution is -2.43. The lowest BCUT2D eigenvalue weighted by atomic mass is 9.90. The molecule has 0 radical (unpaired) electrons. The first-order valence-electron chi connectivity index (χ1n) is 7.89. The van der Waals surface area contributed by atoms with Crippen LogP contribution < -0.4 is 4.90 Å². The molecular weight excluding hydrogens is 294 g/mol. The maximum atomic E-state index is 11.7. The third-order valence-electron chi connectivity index (χ3n) is 4.15. The predicted octanol–water partition coefficient (Wildman–Crippen LogP) is 2.41. The monoisotopic (exact) mass is 315 g/mol. The van der Waals surface area contributed by atoms with Gasteiger partial charge in [-0.25, -0.2) is 4.79 Å². The second-order valence-corrected chi connectivity index (χ2v) is 6.48. The Morgan fingerprint density at radius 1 is 1.35 bits per heavy atom. The highest BCUT2D eigenvalue weighted by Gasteiger charge is 2.34. The zero-order chi connectivity index (χ0) is 16.3. The minimum atomic E-state index is -0.350. The van der Waals surface area contributed by atoms with E-state index >= 15 is 0 Å². The van der Waals surface area contributed by atoms with Gasteiger partial charge in [0.15, 0.2) is 0 Å². The van der Waals surface area contributed by atoms with E-state index in [4.69, 9.17) is 9.47 Å². The van der Waals surface area contributed by atoms with Gasteiger partial charge < -0.3 is 14.4 Å². The smallest absolute Gasteiger partial charge is 0.330 e. The number of anilines is 1. The number of benzene rings is 1. The van der Waals surface area contributed by atoms with Crippen molar-refractivity contribution >= 4 is 23.6 Å². The van der Waals surface area contributed by atoms with Crippen molar-refractivity contribution in [3.63, 3.8) is 0 Å². The minimum Gasteiger partial charge on any atom is -0.462 e. The molecule has 0 aliphatic carbocycles. The van der Waals surface area contributed by atoms with Gasteiger partial charge in [-0.1, -0.05) is 19.1 Å². The summed E-state index contributed by atoms with van der Waals surface area (Å²) in [7, 11) is 0. The van der Waals surface area contributed by atoms with Crippen molar-refractivity contribution in [1.29, 1.82) is 0 Å². The summed E-state index contributed by atoms with van der Waals surface area (Å²) in [6, 6.07) is 7.60. The molecule has 0 unspecified atom stereocenters. The molecule has 0 atom stereocenters. The van der Waals surface area contributed by atoms with E-state index in [1.165, 1.54) is 6.08 Å². The van der Waals surface area contributed by atoms with E-state index in [0.29, 0.717) is 26.2 Å². The third kappa shape index (κ3) is 3.79. The molecule has 2 aliphatic heterocycles. The van der Waals surface area contributed by atoms with Crippen LogP contribution in [0.3, 0.4) is 0 Å². The summed E-state index contributed by atoms with van der Waals surface area (Å²) in [4.78, 5) is 25.2. The number of ether oxygens (including phenoxy) is 2. The Balaban J connectivity index is 1.53. The molecule has 2 saturated heterocycles. The van der Waals surface area contributed by atoms with Gasteiger partial charge in [0.05, 0.1) is 13.2 Å². The molecule has 2 heterocycles. The highest BCUT2D eigenvalue weighted by molar-refractivity contribution is 5.95. The average molecular weight is 315 g/mol. The summed E-state index contributed by atoms with van der Waals surface area (Å²) in [6.07, 6.45) is 4.68. The molecule has 3 rings (SSSR count). The standard InChI is InChI=1S/C18H21NO4/c1-18(11-22-12-18)13-23-17(21)9-6-14-4-7-15(8-5-14)19-10-2-3-16(19)20/h4-9H,2-3,10-13H2,1H3/b9-6+. The zero-order valence-electron chi connectivity index (χ0n) is 13.3. The van der Waals surface area contributed by atoms with Crippen molar-refractivity contribution in [3.05, 3.63) is 35.9 Å². The van der Waals surface area contributed by atoms with E-state index in [2.05, 4.69) is 0 Å². The summed E-state index contributed by atoms with van der Waals surface area (Å²) in [5.41, 5.74) is 1.77. The van der Waals surface area contributed by atoms with Gasteiger partial charge in [0.2, 0.25) is 5.91 Å². The van der Waals surface area contributed by atoms with Crippen molar-refractivity contribution in [2.45, 2.75) is 19.8 Å². The lowest BCUT2D eigenvalue weighted by Gasteiger charge is -2.36. The van der Waals surface area contributed by atoms with Crippen LogP contribution in [0.1, 0.15) is 25.3 Å². The minimum absolute atomic E-state index is 0.0343. The summed E-state index contributed by atoms with van der Waals surface area (Å²) >= 11 is 0. The molecule has 2 fully saturated rings. The van der Waals surface area contributed by atoms with Crippen LogP contribution in [0.25, 0.3) is 6.08 Å². The van der Waals surface area contributed by atoms with Gasteiger partial charge in [0.25, 0.3) is 0 Å². The van der Waals surface area contributed by atoms with E-state index in [9.17, 15) is 9.59 Å². The molecule has 2 aliphatic rings. The van der Waals surface area contributed by atoms with Crippen LogP contribution in [-0.2, 0) is 19.1 Å². The first-order valence-corrected chi connectivity index (χ1v) is 7.89. The summed E-state index contributed by atoms with van der Waals surface area (Å²) < 4.78 is 10.4. The van der Waals surface area contributed by atoms with Crippen molar-refractivity contribution < 1.29 is 19.1 Å². The molecule has 5 nitrogen and oxygen atoms in total. The number of amides is 1. The third-order valence-corrected chi connectivity index (χ3v) is 4.15. The van der Waals surface area contributed by atoms with E-state index in [0.717, 1.165) is 24.2 Å². The van der Waals surface area contributed by atoms with E-state index < -0.39 is 0 Å². The Bertz CT molecular complexity index is 616. The quantitative estimate of drug-likeness (QED) is 0.618. The summed E-state index contributed by atoms with van der Waals surface area (Å²) in [5, 5.41) is 0. The van der Waals surface area contributed by atoms with Crippen molar-refractivity contribution in [2.75, 3.05) is 31.3 Å². The van der Waals surface area contributed by atoms with Crippen molar-refractivity contribution in [3.8, 4) is 0 Å². The summed E-state index contributed by atoms with van der Waals surface area (Å²) in [5.74, 6) is -0.178. The molecule has 0 spiro atoms. The van der Waals surface area contributed by atoms with Crippen LogP contribution in [0, 0.1) is 5.41 Å². The number of nitrogens with zero attached hydrogens (tertiary/aromatic N) is 1. The first-order chi connectivity index (χ1) is 11.1. The predicted molar refractivity (Wildman–Crippen MR) is 86.9 cm³/mol. The van der Waals surface area contributed by atoms with Gasteiger partial charge in [-0.15, -0.1) is 0 Å². The lowest BCUT2D eigenvalue weighted by molar-refractivity contribution is -0.160. The zero-order valence-corrected chi connectivity index (χ0v) is 13.3. The van der Waals surface area contributed by atoms with Crippen molar-refractivity contribution in [1.82, 2.24) is 0 Å². The Morgan fingerprint density at radius 2 is 2.09 bits per heavy atom. The van der Waals surface area contributed by atoms with Gasteiger partial charge in [0, 0.05) is 30.1 Å². The van der Waals surface area contributed by atoms with E-state index in [1.54, 1.807) is 11.0 Å². The molecule has 5 heteroatoms. The molecule has 0 aromatic heterocycles. The fourth-order valence-corrected chi connectivity index (χ4v) is 2.68. The van der Waals surface area contributed by atoms with Gasteiger partial charge in [-0.2, -0.15) is 0 Å². The number of hydrogen-bond donors (Lipinski definition) is 0. The van der Waals surface area contributed by atoms with E-state index in [1.807, 2.05) is 31.2 Å². The molecule has 0 saturated carbocycles. The maximum Gasteiger partial charge on any atom is 0.330 e. The van der Waals surface area contributed by atoms with Gasteiger partial charge >= 0.3 is 5.97 Å².